The predicted octanol–water partition coefficient (Wildman–Crippen LogP) is 5.95. The van der Waals surface area contributed by atoms with E-state index in [0.29, 0.717) is 60.6 Å². The molecule has 0 unspecified atom stereocenters. The van der Waals surface area contributed by atoms with Crippen LogP contribution in [-0.4, -0.2) is 42.1 Å². The van der Waals surface area contributed by atoms with E-state index in [1.165, 1.54) is 23.9 Å². The third-order valence-corrected chi connectivity index (χ3v) is 7.47. The van der Waals surface area contributed by atoms with E-state index in [2.05, 4.69) is 15.2 Å². The summed E-state index contributed by atoms with van der Waals surface area (Å²) in [6, 6.07) is 18.4. The fourth-order valence-corrected chi connectivity index (χ4v) is 5.26. The zero-order valence-corrected chi connectivity index (χ0v) is 22.6. The summed E-state index contributed by atoms with van der Waals surface area (Å²) in [7, 11) is 0. The largest absolute Gasteiger partial charge is 0.467 e. The van der Waals surface area contributed by atoms with E-state index in [-0.39, 0.29) is 5.91 Å². The van der Waals surface area contributed by atoms with Gasteiger partial charge in [0.15, 0.2) is 5.16 Å². The van der Waals surface area contributed by atoms with Crippen LogP contribution < -0.4 is 15.1 Å². The normalized spacial score (nSPS) is 13.9. The summed E-state index contributed by atoms with van der Waals surface area (Å²) in [5.74, 6) is 1.97. The maximum Gasteiger partial charge on any atom is 0.416 e. The number of rotatable bonds is 8. The van der Waals surface area contributed by atoms with E-state index >= 15 is 0 Å². The number of carbonyl (C=O) groups excluding carboxylic acids is 1. The van der Waals surface area contributed by atoms with Gasteiger partial charge in [-0.3, -0.25) is 4.79 Å². The highest BCUT2D eigenvalue weighted by Gasteiger charge is 2.31. The standard InChI is InChI=1S/C29H28F3N5O2S/c1-20-16-26(37-13-11-36(12-14-37)24-5-2-4-23(17-24)29(30,31)32)35-28(34-20)40-19-21-7-9-22(10-8-21)27(38)33-18-25-6-3-15-39-25/h2-10,15-17H,11-14,18-19H2,1H3,(H,33,38). The maximum absolute atomic E-state index is 13.1. The second kappa shape index (κ2) is 12.0. The number of amides is 1. The quantitative estimate of drug-likeness (QED) is 0.209. The molecule has 208 valence electrons. The van der Waals surface area contributed by atoms with Crippen LogP contribution in [0.25, 0.3) is 0 Å². The third-order valence-electron chi connectivity index (χ3n) is 6.55. The van der Waals surface area contributed by atoms with Gasteiger partial charge in [-0.15, -0.1) is 0 Å². The summed E-state index contributed by atoms with van der Waals surface area (Å²) in [5, 5.41) is 3.48. The van der Waals surface area contributed by atoms with Crippen molar-refractivity contribution >= 4 is 29.2 Å². The van der Waals surface area contributed by atoms with Gasteiger partial charge in [0.05, 0.1) is 18.4 Å². The van der Waals surface area contributed by atoms with Gasteiger partial charge in [0, 0.05) is 54.9 Å². The van der Waals surface area contributed by atoms with Crippen molar-refractivity contribution in [2.75, 3.05) is 36.0 Å². The smallest absolute Gasteiger partial charge is 0.416 e. The summed E-state index contributed by atoms with van der Waals surface area (Å²) in [4.78, 5) is 25.8. The van der Waals surface area contributed by atoms with Crippen molar-refractivity contribution in [3.05, 3.63) is 101 Å². The molecule has 2 aromatic heterocycles. The fraction of sp³-hybridized carbons (Fsp3) is 0.276. The molecule has 40 heavy (non-hydrogen) atoms. The number of aryl methyl sites for hydroxylation is 1. The van der Waals surface area contributed by atoms with Crippen molar-refractivity contribution in [1.29, 1.82) is 0 Å². The Morgan fingerprint density at radius 1 is 0.975 bits per heavy atom. The average molecular weight is 568 g/mol. The Kier molecular flexibility index (Phi) is 8.29. The van der Waals surface area contributed by atoms with Crippen LogP contribution in [0.2, 0.25) is 0 Å². The van der Waals surface area contributed by atoms with Gasteiger partial charge >= 0.3 is 6.18 Å². The molecule has 1 aliphatic rings. The van der Waals surface area contributed by atoms with E-state index in [4.69, 9.17) is 9.40 Å². The van der Waals surface area contributed by atoms with E-state index in [1.807, 2.05) is 30.0 Å². The van der Waals surface area contributed by atoms with Gasteiger partial charge in [0.1, 0.15) is 11.6 Å². The number of nitrogens with zero attached hydrogens (tertiary/aromatic N) is 4. The molecule has 0 aliphatic carbocycles. The molecule has 0 atom stereocenters. The molecule has 0 spiro atoms. The first kappa shape index (κ1) is 27.6. The molecule has 5 rings (SSSR count). The minimum absolute atomic E-state index is 0.171. The number of aromatic nitrogens is 2. The first-order valence-corrected chi connectivity index (χ1v) is 13.8. The third kappa shape index (κ3) is 6.95. The van der Waals surface area contributed by atoms with Gasteiger partial charge < -0.3 is 19.5 Å². The molecule has 0 radical (unpaired) electrons. The van der Waals surface area contributed by atoms with Crippen LogP contribution in [-0.2, 0) is 18.5 Å². The highest BCUT2D eigenvalue weighted by Crippen LogP contribution is 2.32. The molecule has 11 heteroatoms. The Morgan fingerprint density at radius 3 is 2.42 bits per heavy atom. The molecule has 0 bridgehead atoms. The summed E-state index contributed by atoms with van der Waals surface area (Å²) in [5.41, 5.74) is 2.39. The predicted molar refractivity (Wildman–Crippen MR) is 149 cm³/mol. The minimum Gasteiger partial charge on any atom is -0.467 e. The number of hydrogen-bond donors (Lipinski definition) is 1. The van der Waals surface area contributed by atoms with Crippen LogP contribution in [0.1, 0.15) is 32.9 Å². The highest BCUT2D eigenvalue weighted by molar-refractivity contribution is 7.98. The first-order chi connectivity index (χ1) is 19.2. The van der Waals surface area contributed by atoms with Gasteiger partial charge in [-0.25, -0.2) is 9.97 Å². The molecule has 7 nitrogen and oxygen atoms in total. The van der Waals surface area contributed by atoms with E-state index in [0.717, 1.165) is 23.1 Å². The van der Waals surface area contributed by atoms with Crippen molar-refractivity contribution in [3.63, 3.8) is 0 Å². The number of halogens is 3. The maximum atomic E-state index is 13.1. The van der Waals surface area contributed by atoms with Crippen LogP contribution in [0.3, 0.4) is 0 Å². The SMILES string of the molecule is Cc1cc(N2CCN(c3cccc(C(F)(F)F)c3)CC2)nc(SCc2ccc(C(=O)NCc3ccco3)cc2)n1. The molecule has 1 aliphatic heterocycles. The Morgan fingerprint density at radius 2 is 1.73 bits per heavy atom. The van der Waals surface area contributed by atoms with Crippen molar-refractivity contribution in [3.8, 4) is 0 Å². The molecule has 2 aromatic carbocycles. The van der Waals surface area contributed by atoms with Gasteiger partial charge in [-0.1, -0.05) is 30.0 Å². The number of nitrogens with one attached hydrogen (secondary N) is 1. The Bertz CT molecular complexity index is 1440. The number of piperazine rings is 1. The summed E-state index contributed by atoms with van der Waals surface area (Å²) < 4.78 is 44.6. The van der Waals surface area contributed by atoms with Crippen molar-refractivity contribution in [2.45, 2.75) is 30.6 Å². The lowest BCUT2D eigenvalue weighted by molar-refractivity contribution is -0.137. The van der Waals surface area contributed by atoms with E-state index in [1.54, 1.807) is 36.6 Å². The van der Waals surface area contributed by atoms with Gasteiger partial charge in [-0.05, 0) is 55.0 Å². The van der Waals surface area contributed by atoms with Gasteiger partial charge in [0.25, 0.3) is 5.91 Å². The molecule has 1 fully saturated rings. The molecular formula is C29H28F3N5O2S. The van der Waals surface area contributed by atoms with Crippen molar-refractivity contribution in [1.82, 2.24) is 15.3 Å². The summed E-state index contributed by atoms with van der Waals surface area (Å²) >= 11 is 1.51. The monoisotopic (exact) mass is 567 g/mol. The number of carbonyl (C=O) groups is 1. The number of alkyl halides is 3. The zero-order valence-electron chi connectivity index (χ0n) is 21.8. The van der Waals surface area contributed by atoms with Crippen LogP contribution >= 0.6 is 11.8 Å². The van der Waals surface area contributed by atoms with Crippen molar-refractivity contribution in [2.24, 2.45) is 0 Å². The Balaban J connectivity index is 1.16. The van der Waals surface area contributed by atoms with Crippen LogP contribution in [0, 0.1) is 6.92 Å². The van der Waals surface area contributed by atoms with E-state index < -0.39 is 11.7 Å². The lowest BCUT2D eigenvalue weighted by Crippen LogP contribution is -2.47. The van der Waals surface area contributed by atoms with Crippen LogP contribution in [0.4, 0.5) is 24.7 Å². The van der Waals surface area contributed by atoms with E-state index in [9.17, 15) is 18.0 Å². The lowest BCUT2D eigenvalue weighted by Gasteiger charge is -2.37. The minimum atomic E-state index is -4.36. The molecule has 1 N–H and O–H groups in total. The first-order valence-electron chi connectivity index (χ1n) is 12.8. The lowest BCUT2D eigenvalue weighted by atomic mass is 10.1. The number of furan rings is 1. The topological polar surface area (TPSA) is 74.5 Å². The molecule has 1 amide bonds. The number of thioether (sulfide) groups is 1. The van der Waals surface area contributed by atoms with Gasteiger partial charge in [0.2, 0.25) is 0 Å². The molecule has 3 heterocycles. The number of hydrogen-bond acceptors (Lipinski definition) is 7. The molecule has 0 saturated carbocycles. The number of anilines is 2. The second-order valence-corrected chi connectivity index (χ2v) is 10.4. The molecular weight excluding hydrogens is 539 g/mol. The Hall–Kier alpha value is -3.99. The van der Waals surface area contributed by atoms with Gasteiger partial charge in [-0.2, -0.15) is 13.2 Å². The highest BCUT2D eigenvalue weighted by atomic mass is 32.2. The zero-order chi connectivity index (χ0) is 28.1. The van der Waals surface area contributed by atoms with Crippen LogP contribution in [0.15, 0.2) is 82.6 Å². The Labute approximate surface area is 234 Å². The molecule has 4 aromatic rings. The second-order valence-electron chi connectivity index (χ2n) is 9.42. The fourth-order valence-electron chi connectivity index (χ4n) is 4.41. The summed E-state index contributed by atoms with van der Waals surface area (Å²) in [6.07, 6.45) is -2.79. The molecule has 1 saturated heterocycles. The number of benzene rings is 2. The average Bonchev–Trinajstić information content (AvgIpc) is 3.48. The summed E-state index contributed by atoms with van der Waals surface area (Å²) in [6.45, 7) is 4.71. The van der Waals surface area contributed by atoms with Crippen LogP contribution in [0.5, 0.6) is 0 Å². The van der Waals surface area contributed by atoms with Crippen molar-refractivity contribution < 1.29 is 22.4 Å².